The van der Waals surface area contributed by atoms with Crippen LogP contribution in [0.4, 0.5) is 0 Å². The quantitative estimate of drug-likeness (QED) is 0.144. The standard InChI is InChI=1S/C35H47BN2O7/c1-9-26(38-42-21-22-14-11-10-12-15-22)31(39)37-29(36-44-28-20-24-19-27(34(24,5)6)35(28,7)45-36)18-23-16-13-17-25(30(23)41-8)32(40)43-33(2,3)4/h10-17,24,27-29H,9,18-21H2,1-8H3,(H,37,39)/b38-26-. The smallest absolute Gasteiger partial charge is 0.482 e. The van der Waals surface area contributed by atoms with E-state index in [2.05, 4.69) is 31.2 Å². The van der Waals surface area contributed by atoms with Crippen LogP contribution in [-0.4, -0.2) is 55.1 Å². The van der Waals surface area contributed by atoms with Gasteiger partial charge in [-0.1, -0.05) is 68.4 Å². The monoisotopic (exact) mass is 618 g/mol. The molecule has 3 aliphatic carbocycles. The Bertz CT molecular complexity index is 1420. The van der Waals surface area contributed by atoms with E-state index in [1.54, 1.807) is 12.1 Å². The SMILES string of the molecule is CC/C(=N/OCc1ccccc1)C(=O)NC(Cc1cccc(C(=O)OC(C)(C)C)c1OC)B1OC2CC3CC(C3(C)C)C2(C)O1. The van der Waals surface area contributed by atoms with E-state index in [4.69, 9.17) is 23.6 Å². The highest BCUT2D eigenvalue weighted by Gasteiger charge is 2.68. The van der Waals surface area contributed by atoms with Crippen molar-refractivity contribution in [3.05, 3.63) is 65.2 Å². The molecule has 1 N–H and O–H groups in total. The molecule has 5 unspecified atom stereocenters. The highest BCUT2D eigenvalue weighted by atomic mass is 16.7. The Kier molecular flexibility index (Phi) is 9.39. The summed E-state index contributed by atoms with van der Waals surface area (Å²) >= 11 is 0. The van der Waals surface area contributed by atoms with Crippen molar-refractivity contribution in [1.29, 1.82) is 0 Å². The number of carbonyl (C=O) groups is 2. The van der Waals surface area contributed by atoms with Crippen LogP contribution in [0.15, 0.2) is 53.7 Å². The fourth-order valence-electron chi connectivity index (χ4n) is 7.28. The summed E-state index contributed by atoms with van der Waals surface area (Å²) in [7, 11) is 0.817. The number of nitrogens with one attached hydrogen (secondary N) is 1. The largest absolute Gasteiger partial charge is 0.496 e. The molecule has 1 heterocycles. The van der Waals surface area contributed by atoms with Crippen molar-refractivity contribution >= 4 is 24.7 Å². The number of rotatable bonds is 11. The van der Waals surface area contributed by atoms with Crippen LogP contribution in [0.2, 0.25) is 0 Å². The fraction of sp³-hybridized carbons (Fsp3) is 0.571. The van der Waals surface area contributed by atoms with Gasteiger partial charge in [0.15, 0.2) is 0 Å². The Labute approximate surface area is 267 Å². The molecule has 3 saturated carbocycles. The van der Waals surface area contributed by atoms with Gasteiger partial charge in [0, 0.05) is 0 Å². The Morgan fingerprint density at radius 1 is 1.09 bits per heavy atom. The topological polar surface area (TPSA) is 105 Å². The van der Waals surface area contributed by atoms with Gasteiger partial charge in [0.05, 0.1) is 24.8 Å². The van der Waals surface area contributed by atoms with E-state index in [-0.39, 0.29) is 29.7 Å². The molecule has 9 nitrogen and oxygen atoms in total. The van der Waals surface area contributed by atoms with Gasteiger partial charge in [-0.3, -0.25) is 4.79 Å². The maximum atomic E-state index is 13.7. The summed E-state index contributed by atoms with van der Waals surface area (Å²) in [4.78, 5) is 32.4. The minimum absolute atomic E-state index is 0.0674. The predicted octanol–water partition coefficient (Wildman–Crippen LogP) is 5.93. The predicted molar refractivity (Wildman–Crippen MR) is 173 cm³/mol. The third-order valence-corrected chi connectivity index (χ3v) is 9.82. The molecule has 4 aliphatic rings. The van der Waals surface area contributed by atoms with E-state index >= 15 is 0 Å². The first-order chi connectivity index (χ1) is 21.3. The normalized spacial score (nSPS) is 25.9. The lowest BCUT2D eigenvalue weighted by Gasteiger charge is -2.64. The van der Waals surface area contributed by atoms with Crippen LogP contribution in [0.1, 0.15) is 89.2 Å². The zero-order valence-corrected chi connectivity index (χ0v) is 27.8. The number of amides is 1. The molecule has 2 aromatic carbocycles. The maximum Gasteiger partial charge on any atom is 0.482 e. The van der Waals surface area contributed by atoms with Gasteiger partial charge in [-0.2, -0.15) is 0 Å². The van der Waals surface area contributed by atoms with Gasteiger partial charge in [-0.05, 0) is 87.8 Å². The molecule has 2 bridgehead atoms. The molecule has 0 aromatic heterocycles. The molecule has 242 valence electrons. The van der Waals surface area contributed by atoms with E-state index in [9.17, 15) is 9.59 Å². The molecular weight excluding hydrogens is 571 g/mol. The number of para-hydroxylation sites is 1. The number of hydrogen-bond acceptors (Lipinski definition) is 8. The fourth-order valence-corrected chi connectivity index (χ4v) is 7.28. The van der Waals surface area contributed by atoms with E-state index in [1.165, 1.54) is 7.11 Å². The first-order valence-corrected chi connectivity index (χ1v) is 16.0. The molecule has 6 rings (SSSR count). The zero-order valence-electron chi connectivity index (χ0n) is 27.8. The van der Waals surface area contributed by atoms with Crippen LogP contribution in [-0.2, 0) is 36.7 Å². The van der Waals surface area contributed by atoms with E-state index < -0.39 is 30.2 Å². The third-order valence-electron chi connectivity index (χ3n) is 9.82. The average molecular weight is 619 g/mol. The van der Waals surface area contributed by atoms with E-state index in [1.807, 2.05) is 64.1 Å². The molecule has 10 heteroatoms. The molecule has 5 atom stereocenters. The second-order valence-electron chi connectivity index (χ2n) is 14.3. The van der Waals surface area contributed by atoms with Gasteiger partial charge >= 0.3 is 13.1 Å². The summed E-state index contributed by atoms with van der Waals surface area (Å²) < 4.78 is 24.9. The van der Waals surface area contributed by atoms with Crippen molar-refractivity contribution in [3.63, 3.8) is 0 Å². The molecule has 1 saturated heterocycles. The molecule has 0 spiro atoms. The second kappa shape index (κ2) is 12.8. The van der Waals surface area contributed by atoms with Crippen LogP contribution in [0.3, 0.4) is 0 Å². The zero-order chi connectivity index (χ0) is 32.6. The van der Waals surface area contributed by atoms with Crippen molar-refractivity contribution in [1.82, 2.24) is 5.32 Å². The number of carbonyl (C=O) groups excluding carboxylic acids is 2. The number of oxime groups is 1. The van der Waals surface area contributed by atoms with Crippen molar-refractivity contribution in [3.8, 4) is 5.75 Å². The van der Waals surface area contributed by atoms with Crippen LogP contribution in [0.5, 0.6) is 5.75 Å². The molecule has 4 fully saturated rings. The Morgan fingerprint density at radius 3 is 2.47 bits per heavy atom. The Hall–Kier alpha value is -3.37. The summed E-state index contributed by atoms with van der Waals surface area (Å²) in [6.07, 6.45) is 2.63. The lowest BCUT2D eigenvalue weighted by molar-refractivity contribution is -0.199. The average Bonchev–Trinajstić information content (AvgIpc) is 3.35. The number of ether oxygens (including phenoxy) is 2. The summed E-state index contributed by atoms with van der Waals surface area (Å²) in [6, 6.07) is 15.0. The Balaban J connectivity index is 1.41. The third kappa shape index (κ3) is 6.77. The summed E-state index contributed by atoms with van der Waals surface area (Å²) in [5.41, 5.74) is 1.29. The van der Waals surface area contributed by atoms with E-state index in [0.717, 1.165) is 24.0 Å². The van der Waals surface area contributed by atoms with Gasteiger partial charge in [-0.25, -0.2) is 4.79 Å². The van der Waals surface area contributed by atoms with Crippen molar-refractivity contribution in [2.45, 2.75) is 104 Å². The number of methoxy groups -OCH3 is 1. The highest BCUT2D eigenvalue weighted by Crippen LogP contribution is 2.65. The van der Waals surface area contributed by atoms with Gasteiger partial charge in [-0.15, -0.1) is 0 Å². The molecular formula is C35H47BN2O7. The van der Waals surface area contributed by atoms with Gasteiger partial charge in [0.25, 0.3) is 5.91 Å². The number of benzene rings is 2. The molecule has 0 radical (unpaired) electrons. The number of hydrogen-bond donors (Lipinski definition) is 1. The number of esters is 1. The lowest BCUT2D eigenvalue weighted by atomic mass is 9.43. The maximum absolute atomic E-state index is 13.7. The lowest BCUT2D eigenvalue weighted by Crippen LogP contribution is -2.65. The van der Waals surface area contributed by atoms with Crippen molar-refractivity contribution < 1.29 is 33.2 Å². The van der Waals surface area contributed by atoms with E-state index in [0.29, 0.717) is 36.0 Å². The summed E-state index contributed by atoms with van der Waals surface area (Å²) in [6.45, 7) is 14.4. The van der Waals surface area contributed by atoms with Crippen LogP contribution >= 0.6 is 0 Å². The van der Waals surface area contributed by atoms with Gasteiger partial charge in [0.2, 0.25) is 0 Å². The van der Waals surface area contributed by atoms with Crippen LogP contribution in [0, 0.1) is 17.3 Å². The van der Waals surface area contributed by atoms with Crippen molar-refractivity contribution in [2.24, 2.45) is 22.4 Å². The molecule has 45 heavy (non-hydrogen) atoms. The second-order valence-corrected chi connectivity index (χ2v) is 14.3. The number of nitrogens with zero attached hydrogens (tertiary/aromatic N) is 1. The van der Waals surface area contributed by atoms with Gasteiger partial charge in [0.1, 0.15) is 29.2 Å². The van der Waals surface area contributed by atoms with Gasteiger partial charge < -0.3 is 28.9 Å². The van der Waals surface area contributed by atoms with Crippen LogP contribution in [0.25, 0.3) is 0 Å². The summed E-state index contributed by atoms with van der Waals surface area (Å²) in [5.74, 6) is -0.108. The molecule has 1 aliphatic heterocycles. The minimum Gasteiger partial charge on any atom is -0.496 e. The van der Waals surface area contributed by atoms with Crippen LogP contribution < -0.4 is 10.1 Å². The minimum atomic E-state index is -0.711. The first kappa shape index (κ1) is 33.0. The Morgan fingerprint density at radius 2 is 1.82 bits per heavy atom. The molecule has 2 aromatic rings. The molecule has 1 amide bonds. The summed E-state index contributed by atoms with van der Waals surface area (Å²) in [5, 5.41) is 7.34. The van der Waals surface area contributed by atoms with Crippen molar-refractivity contribution in [2.75, 3.05) is 7.11 Å². The highest BCUT2D eigenvalue weighted by molar-refractivity contribution is 6.49. The first-order valence-electron chi connectivity index (χ1n) is 16.0.